The zero-order chi connectivity index (χ0) is 11.1. The lowest BCUT2D eigenvalue weighted by atomic mass is 9.99. The van der Waals surface area contributed by atoms with Crippen molar-refractivity contribution in [3.63, 3.8) is 0 Å². The summed E-state index contributed by atoms with van der Waals surface area (Å²) in [5.41, 5.74) is 3.72. The van der Waals surface area contributed by atoms with Crippen LogP contribution >= 0.6 is 0 Å². The molecule has 2 heterocycles. The normalized spacial score (nSPS) is 12.9. The van der Waals surface area contributed by atoms with Crippen molar-refractivity contribution in [1.29, 1.82) is 0 Å². The van der Waals surface area contributed by atoms with E-state index in [0.29, 0.717) is 6.61 Å². The van der Waals surface area contributed by atoms with Crippen LogP contribution in [0.3, 0.4) is 0 Å². The second-order valence-corrected chi connectivity index (χ2v) is 3.84. The molecule has 0 radical (unpaired) electrons. The van der Waals surface area contributed by atoms with Gasteiger partial charge < -0.3 is 14.4 Å². The predicted molar refractivity (Wildman–Crippen MR) is 56.9 cm³/mol. The van der Waals surface area contributed by atoms with Crippen molar-refractivity contribution >= 4 is 0 Å². The number of ether oxygens (including phenoxy) is 1. The molecule has 0 saturated heterocycles. The minimum absolute atomic E-state index is 0.0200. The van der Waals surface area contributed by atoms with Gasteiger partial charge in [0.2, 0.25) is 0 Å². The molecule has 82 valence electrons. The summed E-state index contributed by atoms with van der Waals surface area (Å²) in [6.07, 6.45) is 0. The van der Waals surface area contributed by atoms with E-state index in [4.69, 9.17) is 14.4 Å². The lowest BCUT2D eigenvalue weighted by molar-refractivity contribution is 0.243. The number of hydrogen-bond acceptors (Lipinski definition) is 4. The molecule has 2 aromatic rings. The van der Waals surface area contributed by atoms with Gasteiger partial charge in [-0.2, -0.15) is 0 Å². The average molecular weight is 217 g/mol. The van der Waals surface area contributed by atoms with Crippen LogP contribution in [0.4, 0.5) is 0 Å². The highest BCUT2D eigenvalue weighted by Crippen LogP contribution is 2.39. The summed E-state index contributed by atoms with van der Waals surface area (Å²) in [7, 11) is 0. The summed E-state index contributed by atoms with van der Waals surface area (Å²) in [5.74, 6) is 1.55. The van der Waals surface area contributed by atoms with Crippen molar-refractivity contribution in [3.05, 3.63) is 35.2 Å². The molecule has 1 aromatic carbocycles. The Bertz CT molecular complexity index is 545. The average Bonchev–Trinajstić information content (AvgIpc) is 2.70. The van der Waals surface area contributed by atoms with Gasteiger partial charge in [0.05, 0.1) is 17.9 Å². The molecule has 0 aliphatic carbocycles. The second-order valence-electron chi connectivity index (χ2n) is 3.84. The van der Waals surface area contributed by atoms with Gasteiger partial charge in [-0.05, 0) is 18.6 Å². The third-order valence-corrected chi connectivity index (χ3v) is 2.79. The Balaban J connectivity index is 2.21. The number of nitrogens with zero attached hydrogens (tertiary/aromatic N) is 1. The molecular weight excluding hydrogens is 206 g/mol. The molecule has 1 aliphatic rings. The van der Waals surface area contributed by atoms with Crippen molar-refractivity contribution in [2.24, 2.45) is 0 Å². The second kappa shape index (κ2) is 3.35. The summed E-state index contributed by atoms with van der Waals surface area (Å²) in [5, 5.41) is 13.0. The van der Waals surface area contributed by atoms with Crippen molar-refractivity contribution in [2.45, 2.75) is 20.1 Å². The first-order chi connectivity index (χ1) is 7.79. The number of rotatable bonds is 1. The Morgan fingerprint density at radius 1 is 1.44 bits per heavy atom. The highest BCUT2D eigenvalue weighted by atomic mass is 16.5. The van der Waals surface area contributed by atoms with Crippen LogP contribution in [0.1, 0.15) is 17.0 Å². The Kier molecular flexibility index (Phi) is 1.97. The predicted octanol–water partition coefficient (Wildman–Crippen LogP) is 2.03. The van der Waals surface area contributed by atoms with Gasteiger partial charge in [-0.1, -0.05) is 17.3 Å². The zero-order valence-electron chi connectivity index (χ0n) is 8.86. The van der Waals surface area contributed by atoms with E-state index >= 15 is 0 Å². The quantitative estimate of drug-likeness (QED) is 0.794. The third-order valence-electron chi connectivity index (χ3n) is 2.79. The van der Waals surface area contributed by atoms with Crippen molar-refractivity contribution < 1.29 is 14.4 Å². The first-order valence-electron chi connectivity index (χ1n) is 5.11. The molecule has 0 amide bonds. The maximum absolute atomic E-state index is 9.06. The van der Waals surface area contributed by atoms with Crippen molar-refractivity contribution in [3.8, 4) is 16.9 Å². The van der Waals surface area contributed by atoms with Gasteiger partial charge in [0.1, 0.15) is 12.4 Å². The smallest absolute Gasteiger partial charge is 0.182 e. The highest BCUT2D eigenvalue weighted by Gasteiger charge is 2.23. The van der Waals surface area contributed by atoms with E-state index in [1.807, 2.05) is 25.1 Å². The van der Waals surface area contributed by atoms with Gasteiger partial charge in [0.15, 0.2) is 5.76 Å². The Morgan fingerprint density at radius 3 is 3.12 bits per heavy atom. The summed E-state index contributed by atoms with van der Waals surface area (Å²) in [4.78, 5) is 0. The van der Waals surface area contributed by atoms with E-state index in [1.54, 1.807) is 0 Å². The molecule has 0 fully saturated rings. The highest BCUT2D eigenvalue weighted by molar-refractivity contribution is 5.75. The largest absolute Gasteiger partial charge is 0.485 e. The van der Waals surface area contributed by atoms with Gasteiger partial charge >= 0.3 is 0 Å². The van der Waals surface area contributed by atoms with Crippen LogP contribution in [-0.2, 0) is 13.2 Å². The Hall–Kier alpha value is -1.81. The van der Waals surface area contributed by atoms with Gasteiger partial charge in [0, 0.05) is 5.56 Å². The molecule has 0 saturated carbocycles. The molecule has 4 nitrogen and oxygen atoms in total. The van der Waals surface area contributed by atoms with Crippen LogP contribution in [0.2, 0.25) is 0 Å². The summed E-state index contributed by atoms with van der Waals surface area (Å²) >= 11 is 0. The van der Waals surface area contributed by atoms with E-state index in [9.17, 15) is 0 Å². The monoisotopic (exact) mass is 217 g/mol. The van der Waals surface area contributed by atoms with Crippen LogP contribution in [0, 0.1) is 6.92 Å². The van der Waals surface area contributed by atoms with Crippen LogP contribution in [0.25, 0.3) is 11.1 Å². The maximum Gasteiger partial charge on any atom is 0.182 e. The van der Waals surface area contributed by atoms with Gasteiger partial charge in [-0.3, -0.25) is 0 Å². The van der Waals surface area contributed by atoms with E-state index in [2.05, 4.69) is 5.16 Å². The zero-order valence-corrected chi connectivity index (χ0v) is 8.86. The van der Waals surface area contributed by atoms with E-state index in [0.717, 1.165) is 33.9 Å². The molecule has 0 spiro atoms. The Morgan fingerprint density at radius 2 is 2.31 bits per heavy atom. The fourth-order valence-electron chi connectivity index (χ4n) is 1.99. The molecule has 0 atom stereocenters. The van der Waals surface area contributed by atoms with Gasteiger partial charge in [0.25, 0.3) is 0 Å². The van der Waals surface area contributed by atoms with Gasteiger partial charge in [-0.25, -0.2) is 0 Å². The SMILES string of the molecule is Cc1noc2c1-c1ccc(CO)cc1OC2. The fourth-order valence-corrected chi connectivity index (χ4v) is 1.99. The molecule has 3 rings (SSSR count). The molecule has 1 N–H and O–H groups in total. The number of fused-ring (bicyclic) bond motifs is 3. The van der Waals surface area contributed by atoms with Crippen molar-refractivity contribution in [2.75, 3.05) is 0 Å². The van der Waals surface area contributed by atoms with E-state index in [-0.39, 0.29) is 6.61 Å². The number of benzene rings is 1. The fraction of sp³-hybridized carbons (Fsp3) is 0.250. The lowest BCUT2D eigenvalue weighted by Gasteiger charge is -2.17. The first kappa shape index (κ1) is 9.42. The first-order valence-corrected chi connectivity index (χ1v) is 5.11. The number of aliphatic hydroxyl groups is 1. The van der Waals surface area contributed by atoms with Gasteiger partial charge in [-0.15, -0.1) is 0 Å². The molecule has 1 aliphatic heterocycles. The summed E-state index contributed by atoms with van der Waals surface area (Å²) in [6.45, 7) is 2.33. The summed E-state index contributed by atoms with van der Waals surface area (Å²) in [6, 6.07) is 5.66. The van der Waals surface area contributed by atoms with Crippen LogP contribution in [0.15, 0.2) is 22.7 Å². The van der Waals surface area contributed by atoms with Crippen LogP contribution in [0.5, 0.6) is 5.75 Å². The van der Waals surface area contributed by atoms with Crippen molar-refractivity contribution in [1.82, 2.24) is 5.16 Å². The van der Waals surface area contributed by atoms with E-state index < -0.39 is 0 Å². The number of aryl methyl sites for hydroxylation is 1. The topological polar surface area (TPSA) is 55.5 Å². The molecule has 16 heavy (non-hydrogen) atoms. The third kappa shape index (κ3) is 1.23. The lowest BCUT2D eigenvalue weighted by Crippen LogP contribution is -2.04. The molecule has 4 heteroatoms. The number of aliphatic hydroxyl groups excluding tert-OH is 1. The minimum atomic E-state index is 0.0200. The number of aromatic nitrogens is 1. The molecule has 0 bridgehead atoms. The van der Waals surface area contributed by atoms with Crippen LogP contribution in [-0.4, -0.2) is 10.3 Å². The molecule has 1 aromatic heterocycles. The molecular formula is C12H11NO3. The number of hydrogen-bond donors (Lipinski definition) is 1. The van der Waals surface area contributed by atoms with E-state index in [1.165, 1.54) is 0 Å². The van der Waals surface area contributed by atoms with Crippen LogP contribution < -0.4 is 4.74 Å². The minimum Gasteiger partial charge on any atom is -0.485 e. The maximum atomic E-state index is 9.06. The Labute approximate surface area is 92.5 Å². The standard InChI is InChI=1S/C12H11NO3/c1-7-12-9-3-2-8(5-14)4-10(9)15-6-11(12)16-13-7/h2-4,14H,5-6H2,1H3. The molecule has 0 unspecified atom stereocenters. The summed E-state index contributed by atoms with van der Waals surface area (Å²) < 4.78 is 10.7.